The van der Waals surface area contributed by atoms with Crippen LogP contribution in [0.5, 0.6) is 0 Å². The Balaban J connectivity index is 2.88. The van der Waals surface area contributed by atoms with Crippen LogP contribution in [0.2, 0.25) is 0 Å². The van der Waals surface area contributed by atoms with Crippen LogP contribution in [0.25, 0.3) is 0 Å². The minimum absolute atomic E-state index is 1.01. The van der Waals surface area contributed by atoms with Gasteiger partial charge in [-0.2, -0.15) is 0 Å². The molecular formula is C12H17F. The monoisotopic (exact) mass is 180 g/mol. The maximum atomic E-state index is 13.6. The highest BCUT2D eigenvalue weighted by atomic mass is 19.1. The fraction of sp³-hybridized carbons (Fsp3) is 0.500. The molecule has 1 atom stereocenters. The summed E-state index contributed by atoms with van der Waals surface area (Å²) in [5.74, 6) is 0. The topological polar surface area (TPSA) is 0 Å². The predicted octanol–water partition coefficient (Wildman–Crippen LogP) is 3.96. The normalized spacial score (nSPS) is 28.0. The lowest BCUT2D eigenvalue weighted by molar-refractivity contribution is 0.327. The van der Waals surface area contributed by atoms with Crippen molar-refractivity contribution in [2.75, 3.05) is 0 Å². The summed E-state index contributed by atoms with van der Waals surface area (Å²) in [7, 11) is 0. The van der Waals surface area contributed by atoms with Crippen molar-refractivity contribution in [1.29, 1.82) is 0 Å². The Morgan fingerprint density at radius 2 is 2.15 bits per heavy atom. The first-order valence-electron chi connectivity index (χ1n) is 4.82. The molecule has 0 nitrogen and oxygen atoms in total. The van der Waals surface area contributed by atoms with E-state index in [0.29, 0.717) is 0 Å². The second-order valence-corrected chi connectivity index (χ2v) is 3.84. The summed E-state index contributed by atoms with van der Waals surface area (Å²) < 4.78 is 13.6. The zero-order valence-electron chi connectivity index (χ0n) is 8.60. The molecule has 0 heterocycles. The van der Waals surface area contributed by atoms with Gasteiger partial charge in [-0.05, 0) is 38.0 Å². The number of hydrogen-bond acceptors (Lipinski definition) is 0. The summed E-state index contributed by atoms with van der Waals surface area (Å²) in [6, 6.07) is 0. The number of halogens is 1. The van der Waals surface area contributed by atoms with Gasteiger partial charge in [-0.15, -0.1) is 0 Å². The molecule has 1 aliphatic carbocycles. The highest BCUT2D eigenvalue weighted by Gasteiger charge is 2.17. The van der Waals surface area contributed by atoms with Crippen molar-refractivity contribution in [3.05, 3.63) is 35.5 Å². The first-order chi connectivity index (χ1) is 6.03. The fourth-order valence-electron chi connectivity index (χ4n) is 1.59. The standard InChI is InChI=1S/C12H17F/c1-4-5-11-6-7-12(3,13)9-10(2)8-11/h6-9H,4-5H2,1-3H3. The summed E-state index contributed by atoms with van der Waals surface area (Å²) in [6.45, 7) is 5.66. The van der Waals surface area contributed by atoms with Gasteiger partial charge < -0.3 is 0 Å². The third kappa shape index (κ3) is 3.17. The molecule has 0 spiro atoms. The van der Waals surface area contributed by atoms with E-state index in [9.17, 15) is 4.39 Å². The largest absolute Gasteiger partial charge is 0.235 e. The Kier molecular flexibility index (Phi) is 3.07. The van der Waals surface area contributed by atoms with Gasteiger partial charge in [0.15, 0.2) is 0 Å². The summed E-state index contributed by atoms with van der Waals surface area (Å²) in [5.41, 5.74) is 0.951. The number of allylic oxidation sites excluding steroid dienone is 6. The van der Waals surface area contributed by atoms with Crippen molar-refractivity contribution < 1.29 is 4.39 Å². The van der Waals surface area contributed by atoms with E-state index in [1.807, 2.05) is 13.0 Å². The van der Waals surface area contributed by atoms with Crippen molar-refractivity contribution in [3.8, 4) is 0 Å². The van der Waals surface area contributed by atoms with E-state index in [4.69, 9.17) is 0 Å². The Morgan fingerprint density at radius 3 is 2.77 bits per heavy atom. The van der Waals surface area contributed by atoms with E-state index in [-0.39, 0.29) is 0 Å². The van der Waals surface area contributed by atoms with Gasteiger partial charge in [-0.3, -0.25) is 0 Å². The van der Waals surface area contributed by atoms with Crippen LogP contribution in [0.3, 0.4) is 0 Å². The molecule has 0 aliphatic heterocycles. The van der Waals surface area contributed by atoms with Crippen molar-refractivity contribution in [2.45, 2.75) is 39.3 Å². The van der Waals surface area contributed by atoms with Crippen LogP contribution in [-0.2, 0) is 0 Å². The van der Waals surface area contributed by atoms with Gasteiger partial charge in [0.05, 0.1) is 0 Å². The van der Waals surface area contributed by atoms with Crippen molar-refractivity contribution >= 4 is 0 Å². The molecule has 1 rings (SSSR count). The predicted molar refractivity (Wildman–Crippen MR) is 55.4 cm³/mol. The lowest BCUT2D eigenvalue weighted by Crippen LogP contribution is -2.09. The second-order valence-electron chi connectivity index (χ2n) is 3.84. The molecule has 0 aromatic rings. The molecule has 0 amide bonds. The van der Waals surface area contributed by atoms with Crippen LogP contribution in [0.15, 0.2) is 35.5 Å². The minimum Gasteiger partial charge on any atom is -0.235 e. The van der Waals surface area contributed by atoms with Crippen LogP contribution in [0.1, 0.15) is 33.6 Å². The highest BCUT2D eigenvalue weighted by Crippen LogP contribution is 2.23. The molecule has 1 heteroatoms. The zero-order valence-corrected chi connectivity index (χ0v) is 8.60. The van der Waals surface area contributed by atoms with Gasteiger partial charge in [0.2, 0.25) is 0 Å². The van der Waals surface area contributed by atoms with Gasteiger partial charge >= 0.3 is 0 Å². The third-order valence-electron chi connectivity index (χ3n) is 2.08. The molecular weight excluding hydrogens is 163 g/mol. The summed E-state index contributed by atoms with van der Waals surface area (Å²) in [6.07, 6.45) is 9.38. The van der Waals surface area contributed by atoms with Crippen molar-refractivity contribution in [3.63, 3.8) is 0 Å². The Bertz CT molecular complexity index is 267. The first kappa shape index (κ1) is 10.2. The number of alkyl halides is 1. The van der Waals surface area contributed by atoms with Crippen LogP contribution in [0, 0.1) is 0 Å². The molecule has 72 valence electrons. The lowest BCUT2D eigenvalue weighted by Gasteiger charge is -2.08. The molecule has 0 saturated carbocycles. The molecule has 0 aromatic heterocycles. The SMILES string of the molecule is CCCC1=CC(C)=CC(C)(F)C=C1. The molecule has 0 saturated heterocycles. The fourth-order valence-corrected chi connectivity index (χ4v) is 1.59. The maximum Gasteiger partial charge on any atom is 0.145 e. The third-order valence-corrected chi connectivity index (χ3v) is 2.08. The van der Waals surface area contributed by atoms with Gasteiger partial charge in [-0.1, -0.05) is 31.1 Å². The van der Waals surface area contributed by atoms with Crippen LogP contribution in [0.4, 0.5) is 4.39 Å². The van der Waals surface area contributed by atoms with E-state index in [2.05, 4.69) is 13.0 Å². The van der Waals surface area contributed by atoms with Crippen LogP contribution < -0.4 is 0 Å². The highest BCUT2D eigenvalue weighted by molar-refractivity contribution is 5.37. The second kappa shape index (κ2) is 3.91. The van der Waals surface area contributed by atoms with Crippen LogP contribution >= 0.6 is 0 Å². The van der Waals surface area contributed by atoms with Gasteiger partial charge in [0.25, 0.3) is 0 Å². The van der Waals surface area contributed by atoms with Crippen LogP contribution in [-0.4, -0.2) is 5.67 Å². The number of hydrogen-bond donors (Lipinski definition) is 0. The Morgan fingerprint density at radius 1 is 1.46 bits per heavy atom. The molecule has 0 radical (unpaired) electrons. The summed E-state index contributed by atoms with van der Waals surface area (Å²) >= 11 is 0. The van der Waals surface area contributed by atoms with E-state index >= 15 is 0 Å². The molecule has 1 aliphatic rings. The average molecular weight is 180 g/mol. The lowest BCUT2D eigenvalue weighted by atomic mass is 10.1. The summed E-state index contributed by atoms with van der Waals surface area (Å²) in [4.78, 5) is 0. The van der Waals surface area contributed by atoms with Crippen molar-refractivity contribution in [1.82, 2.24) is 0 Å². The molecule has 13 heavy (non-hydrogen) atoms. The van der Waals surface area contributed by atoms with E-state index < -0.39 is 5.67 Å². The van der Waals surface area contributed by atoms with Gasteiger partial charge in [0.1, 0.15) is 5.67 Å². The maximum absolute atomic E-state index is 13.6. The molecule has 1 unspecified atom stereocenters. The van der Waals surface area contributed by atoms with E-state index in [1.54, 1.807) is 19.1 Å². The Labute approximate surface area is 79.8 Å². The van der Waals surface area contributed by atoms with Crippen molar-refractivity contribution in [2.24, 2.45) is 0 Å². The molecule has 0 bridgehead atoms. The first-order valence-corrected chi connectivity index (χ1v) is 4.82. The quantitative estimate of drug-likeness (QED) is 0.603. The number of rotatable bonds is 2. The molecule has 0 N–H and O–H groups in total. The summed E-state index contributed by atoms with van der Waals surface area (Å²) in [5, 5.41) is 0. The van der Waals surface area contributed by atoms with Gasteiger partial charge in [0, 0.05) is 0 Å². The molecule has 0 fully saturated rings. The average Bonchev–Trinajstić information content (AvgIpc) is 2.10. The minimum atomic E-state index is -1.28. The molecule has 0 aromatic carbocycles. The van der Waals surface area contributed by atoms with Gasteiger partial charge in [-0.25, -0.2) is 4.39 Å². The van der Waals surface area contributed by atoms with E-state index in [1.165, 1.54) is 5.57 Å². The zero-order chi connectivity index (χ0) is 9.90. The smallest absolute Gasteiger partial charge is 0.145 e. The Hall–Kier alpha value is -0.850. The van der Waals surface area contributed by atoms with E-state index in [0.717, 1.165) is 18.4 Å².